The highest BCUT2D eigenvalue weighted by molar-refractivity contribution is 5.83. The average molecular weight is 344 g/mol. The lowest BCUT2D eigenvalue weighted by atomic mass is 9.62. The summed E-state index contributed by atoms with van der Waals surface area (Å²) in [5.41, 5.74) is -0.887. The molecule has 7 heteroatoms. The van der Waals surface area contributed by atoms with Crippen LogP contribution in [0.2, 0.25) is 0 Å². The molecule has 2 bridgehead atoms. The number of ether oxygens (including phenoxy) is 2. The van der Waals surface area contributed by atoms with E-state index in [0.29, 0.717) is 24.3 Å². The van der Waals surface area contributed by atoms with Crippen LogP contribution in [0, 0.1) is 17.8 Å². The van der Waals surface area contributed by atoms with Gasteiger partial charge in [-0.25, -0.2) is 9.97 Å². The predicted molar refractivity (Wildman–Crippen MR) is 89.8 cm³/mol. The number of carbonyl (C=O) groups is 1. The Labute approximate surface area is 146 Å². The highest BCUT2D eigenvalue weighted by Crippen LogP contribution is 2.61. The van der Waals surface area contributed by atoms with Crippen LogP contribution in [0.3, 0.4) is 0 Å². The highest BCUT2D eigenvalue weighted by Gasteiger charge is 2.73. The fourth-order valence-corrected chi connectivity index (χ4v) is 5.16. The zero-order valence-corrected chi connectivity index (χ0v) is 14.6. The summed E-state index contributed by atoms with van der Waals surface area (Å²) in [6.07, 6.45) is 5.09. The molecule has 7 nitrogen and oxygen atoms in total. The molecular formula is C18H24N4O3. The van der Waals surface area contributed by atoms with Crippen LogP contribution in [0.4, 0.5) is 5.95 Å². The number of nitrogens with zero attached hydrogens (tertiary/aromatic N) is 2. The van der Waals surface area contributed by atoms with Gasteiger partial charge in [-0.1, -0.05) is 0 Å². The van der Waals surface area contributed by atoms with Gasteiger partial charge in [0.25, 0.3) is 0 Å². The third kappa shape index (κ3) is 2.22. The van der Waals surface area contributed by atoms with E-state index in [2.05, 4.69) is 34.4 Å². The highest BCUT2D eigenvalue weighted by atomic mass is 16.5. The molecule has 2 N–H and O–H groups in total. The number of amides is 1. The Morgan fingerprint density at radius 3 is 2.60 bits per heavy atom. The van der Waals surface area contributed by atoms with E-state index in [4.69, 9.17) is 9.47 Å². The number of hydrogen-bond donors (Lipinski definition) is 2. The first-order valence-corrected chi connectivity index (χ1v) is 9.05. The largest absolute Gasteiger partial charge is 0.381 e. The summed E-state index contributed by atoms with van der Waals surface area (Å²) in [5.74, 6) is 1.81. The molecule has 3 atom stereocenters. The molecule has 2 aliphatic carbocycles. The third-order valence-corrected chi connectivity index (χ3v) is 6.62. The number of hydrogen-bond acceptors (Lipinski definition) is 6. The van der Waals surface area contributed by atoms with Crippen molar-refractivity contribution in [2.45, 2.75) is 43.4 Å². The van der Waals surface area contributed by atoms with Gasteiger partial charge < -0.3 is 20.1 Å². The molecule has 1 unspecified atom stereocenters. The van der Waals surface area contributed by atoms with E-state index in [1.54, 1.807) is 18.5 Å². The lowest BCUT2D eigenvalue weighted by molar-refractivity contribution is -0.127. The van der Waals surface area contributed by atoms with Crippen LogP contribution < -0.4 is 10.6 Å². The molecule has 5 aliphatic rings. The molecule has 4 heterocycles. The molecule has 3 saturated heterocycles. The van der Waals surface area contributed by atoms with Crippen LogP contribution >= 0.6 is 0 Å². The van der Waals surface area contributed by atoms with Gasteiger partial charge in [-0.2, -0.15) is 0 Å². The lowest BCUT2D eigenvalue weighted by Gasteiger charge is -2.47. The topological polar surface area (TPSA) is 85.4 Å². The Kier molecular flexibility index (Phi) is 3.05. The van der Waals surface area contributed by atoms with E-state index in [-0.39, 0.29) is 28.6 Å². The van der Waals surface area contributed by atoms with Crippen molar-refractivity contribution in [3.63, 3.8) is 0 Å². The molecule has 0 aromatic carbocycles. The minimum atomic E-state index is -0.373. The van der Waals surface area contributed by atoms with Gasteiger partial charge >= 0.3 is 0 Å². The normalized spacial score (nSPS) is 42.4. The average Bonchev–Trinajstić information content (AvgIpc) is 2.83. The minimum absolute atomic E-state index is 0.144. The second-order valence-electron chi connectivity index (χ2n) is 8.54. The Hall–Kier alpha value is -1.73. The minimum Gasteiger partial charge on any atom is -0.381 e. The van der Waals surface area contributed by atoms with Gasteiger partial charge in [0.05, 0.1) is 30.0 Å². The van der Waals surface area contributed by atoms with Gasteiger partial charge in [0.1, 0.15) is 0 Å². The van der Waals surface area contributed by atoms with E-state index in [9.17, 15) is 4.79 Å². The van der Waals surface area contributed by atoms with Crippen molar-refractivity contribution >= 4 is 11.9 Å². The van der Waals surface area contributed by atoms with Crippen LogP contribution in [0.15, 0.2) is 18.5 Å². The maximum Gasteiger partial charge on any atom is 0.224 e. The molecule has 2 saturated carbocycles. The standard InChI is InChI=1S/C18H24N4O3/c1-16(2)18(22-14(23)13-11-6-24-7-12(11)13)8-17(9-18,25-16)10-21-15-19-4-3-5-20-15/h3-5,11-13H,6-10H2,1-2H3,(H,22,23)(H,19,20,21)/t11-,12+,13?,17?,18?. The monoisotopic (exact) mass is 344 g/mol. The molecule has 1 aromatic heterocycles. The van der Waals surface area contributed by atoms with Crippen molar-refractivity contribution in [2.75, 3.05) is 25.1 Å². The molecule has 3 aliphatic heterocycles. The molecule has 1 amide bonds. The van der Waals surface area contributed by atoms with Crippen molar-refractivity contribution < 1.29 is 14.3 Å². The first-order valence-electron chi connectivity index (χ1n) is 9.05. The summed E-state index contributed by atoms with van der Waals surface area (Å²) in [6, 6.07) is 1.79. The first kappa shape index (κ1) is 15.5. The SMILES string of the molecule is CC1(C)OC2(CNc3ncccn3)CC1(NC(=O)C1[C@H]3COC[C@@H]13)C2. The number of fused-ring (bicyclic) bond motifs is 2. The van der Waals surface area contributed by atoms with Crippen LogP contribution in [-0.2, 0) is 14.3 Å². The summed E-state index contributed by atoms with van der Waals surface area (Å²) in [4.78, 5) is 21.1. The molecule has 134 valence electrons. The third-order valence-electron chi connectivity index (χ3n) is 6.62. The van der Waals surface area contributed by atoms with Crippen LogP contribution in [0.25, 0.3) is 0 Å². The second-order valence-corrected chi connectivity index (χ2v) is 8.54. The van der Waals surface area contributed by atoms with Crippen LogP contribution in [0.1, 0.15) is 26.7 Å². The van der Waals surface area contributed by atoms with Crippen LogP contribution in [0.5, 0.6) is 0 Å². The van der Waals surface area contributed by atoms with Gasteiger partial charge in [0.15, 0.2) is 0 Å². The molecule has 1 aromatic rings. The van der Waals surface area contributed by atoms with Gasteiger partial charge in [0.2, 0.25) is 11.9 Å². The van der Waals surface area contributed by atoms with Crippen molar-refractivity contribution in [2.24, 2.45) is 17.8 Å². The van der Waals surface area contributed by atoms with Crippen molar-refractivity contribution in [1.82, 2.24) is 15.3 Å². The molecular weight excluding hydrogens is 320 g/mol. The smallest absolute Gasteiger partial charge is 0.224 e. The van der Waals surface area contributed by atoms with Crippen LogP contribution in [-0.4, -0.2) is 52.4 Å². The van der Waals surface area contributed by atoms with E-state index < -0.39 is 0 Å². The molecule has 6 rings (SSSR count). The fourth-order valence-electron chi connectivity index (χ4n) is 5.16. The maximum atomic E-state index is 12.7. The summed E-state index contributed by atoms with van der Waals surface area (Å²) < 4.78 is 11.8. The Balaban J connectivity index is 1.24. The van der Waals surface area contributed by atoms with Gasteiger partial charge in [-0.15, -0.1) is 0 Å². The number of carbonyl (C=O) groups excluding carboxylic acids is 1. The van der Waals surface area contributed by atoms with E-state index in [1.807, 2.05) is 0 Å². The Bertz CT molecular complexity index is 692. The Morgan fingerprint density at radius 1 is 1.24 bits per heavy atom. The van der Waals surface area contributed by atoms with E-state index in [0.717, 1.165) is 26.1 Å². The summed E-state index contributed by atoms with van der Waals surface area (Å²) >= 11 is 0. The quantitative estimate of drug-likeness (QED) is 0.828. The lowest BCUT2D eigenvalue weighted by Crippen LogP contribution is -2.66. The molecule has 5 fully saturated rings. The number of nitrogens with one attached hydrogen (secondary N) is 2. The van der Waals surface area contributed by atoms with Crippen molar-refractivity contribution in [3.8, 4) is 0 Å². The fraction of sp³-hybridized carbons (Fsp3) is 0.722. The molecule has 0 radical (unpaired) electrons. The zero-order valence-electron chi connectivity index (χ0n) is 14.6. The first-order chi connectivity index (χ1) is 11.9. The van der Waals surface area contributed by atoms with Gasteiger partial charge in [-0.3, -0.25) is 4.79 Å². The summed E-state index contributed by atoms with van der Waals surface area (Å²) in [7, 11) is 0. The Morgan fingerprint density at radius 2 is 1.92 bits per heavy atom. The maximum absolute atomic E-state index is 12.7. The number of anilines is 1. The van der Waals surface area contributed by atoms with Crippen molar-refractivity contribution in [3.05, 3.63) is 18.5 Å². The van der Waals surface area contributed by atoms with Crippen molar-refractivity contribution in [1.29, 1.82) is 0 Å². The second kappa shape index (κ2) is 4.92. The number of rotatable bonds is 5. The van der Waals surface area contributed by atoms with Gasteiger partial charge in [-0.05, 0) is 31.7 Å². The van der Waals surface area contributed by atoms with Gasteiger partial charge in [0, 0.05) is 37.7 Å². The van der Waals surface area contributed by atoms with E-state index >= 15 is 0 Å². The summed E-state index contributed by atoms with van der Waals surface area (Å²) in [6.45, 7) is 6.29. The van der Waals surface area contributed by atoms with E-state index in [1.165, 1.54) is 0 Å². The number of aromatic nitrogens is 2. The molecule has 0 spiro atoms. The molecule has 25 heavy (non-hydrogen) atoms. The zero-order chi connectivity index (χ0) is 17.3. The predicted octanol–water partition coefficient (Wildman–Crippen LogP) is 0.977. The summed E-state index contributed by atoms with van der Waals surface area (Å²) in [5, 5.41) is 6.61.